The minimum absolute atomic E-state index is 0.0730. The molecule has 1 saturated heterocycles. The van der Waals surface area contributed by atoms with Gasteiger partial charge in [-0.15, -0.1) is 0 Å². The van der Waals surface area contributed by atoms with E-state index in [1.54, 1.807) is 0 Å². The topological polar surface area (TPSA) is 41.6 Å². The lowest BCUT2D eigenvalue weighted by molar-refractivity contribution is -0.124. The highest BCUT2D eigenvalue weighted by molar-refractivity contribution is 6.30. The molecule has 0 aromatic heterocycles. The number of carbonyl (C=O) groups excluding carboxylic acids is 1. The number of hydrogen-bond acceptors (Lipinski definition) is 3. The van der Waals surface area contributed by atoms with Crippen LogP contribution < -0.4 is 10.2 Å². The number of halogens is 1. The van der Waals surface area contributed by atoms with E-state index in [9.17, 15) is 4.79 Å². The summed E-state index contributed by atoms with van der Waals surface area (Å²) in [6.45, 7) is 4.64. The van der Waals surface area contributed by atoms with E-state index in [4.69, 9.17) is 16.3 Å². The van der Waals surface area contributed by atoms with E-state index in [-0.39, 0.29) is 12.0 Å². The Morgan fingerprint density at radius 2 is 1.85 bits per heavy atom. The zero-order chi connectivity index (χ0) is 18.9. The molecule has 1 N–H and O–H groups in total. The molecule has 27 heavy (non-hydrogen) atoms. The van der Waals surface area contributed by atoms with Gasteiger partial charge in [-0.1, -0.05) is 30.2 Å². The minimum Gasteiger partial charge on any atom is -0.375 e. The molecule has 1 unspecified atom stereocenters. The second-order valence-electron chi connectivity index (χ2n) is 7.57. The van der Waals surface area contributed by atoms with Crippen LogP contribution in [0.1, 0.15) is 31.7 Å². The summed E-state index contributed by atoms with van der Waals surface area (Å²) in [5, 5.41) is 3.82. The fraction of sp³-hybridized carbons (Fsp3) is 0.409. The average Bonchev–Trinajstić information content (AvgIpc) is 2.63. The molecule has 2 aromatic carbocycles. The smallest absolute Gasteiger partial charge is 0.235 e. The van der Waals surface area contributed by atoms with Gasteiger partial charge in [0.1, 0.15) is 0 Å². The van der Waals surface area contributed by atoms with Crippen LogP contribution in [-0.4, -0.2) is 31.7 Å². The van der Waals surface area contributed by atoms with Crippen molar-refractivity contribution in [3.8, 4) is 0 Å². The Labute approximate surface area is 165 Å². The molecular formula is C22H25ClN2O2. The summed E-state index contributed by atoms with van der Waals surface area (Å²) in [6, 6.07) is 15.8. The Kier molecular flexibility index (Phi) is 5.11. The van der Waals surface area contributed by atoms with Gasteiger partial charge in [0.2, 0.25) is 5.91 Å². The van der Waals surface area contributed by atoms with Gasteiger partial charge >= 0.3 is 0 Å². The zero-order valence-corrected chi connectivity index (χ0v) is 16.3. The largest absolute Gasteiger partial charge is 0.375 e. The van der Waals surface area contributed by atoms with Gasteiger partial charge in [-0.05, 0) is 61.7 Å². The first-order valence-corrected chi connectivity index (χ1v) is 9.99. The van der Waals surface area contributed by atoms with Crippen molar-refractivity contribution in [1.82, 2.24) is 0 Å². The number of amides is 1. The van der Waals surface area contributed by atoms with Crippen LogP contribution in [0.3, 0.4) is 0 Å². The fourth-order valence-electron chi connectivity index (χ4n) is 4.01. The molecule has 4 rings (SSSR count). The highest BCUT2D eigenvalue weighted by Gasteiger charge is 2.45. The molecule has 1 atom stereocenters. The normalized spacial score (nSPS) is 21.4. The molecule has 1 amide bonds. The molecule has 142 valence electrons. The summed E-state index contributed by atoms with van der Waals surface area (Å²) in [5.41, 5.74) is 2.63. The number of benzene rings is 2. The zero-order valence-electron chi connectivity index (χ0n) is 15.6. The fourth-order valence-corrected chi connectivity index (χ4v) is 4.13. The second-order valence-corrected chi connectivity index (χ2v) is 8.01. The Balaban J connectivity index is 1.46. The van der Waals surface area contributed by atoms with Gasteiger partial charge in [-0.3, -0.25) is 4.79 Å². The lowest BCUT2D eigenvalue weighted by Crippen LogP contribution is -2.46. The molecule has 2 aliphatic rings. The maximum Gasteiger partial charge on any atom is 0.235 e. The van der Waals surface area contributed by atoms with E-state index in [0.29, 0.717) is 5.02 Å². The number of rotatable bonds is 4. The van der Waals surface area contributed by atoms with Crippen molar-refractivity contribution >= 4 is 28.9 Å². The van der Waals surface area contributed by atoms with Gasteiger partial charge in [0, 0.05) is 29.5 Å². The third-order valence-corrected chi connectivity index (χ3v) is 6.02. The standard InChI is InChI=1S/C22H25ClN2O2/c1-16-15-25(13-14-27-16)20-9-7-19(8-10-20)24-21(26)22(11-2-12-22)17-3-5-18(23)6-4-17/h3-10,16H,2,11-15H2,1H3,(H,24,26). The van der Waals surface area contributed by atoms with E-state index in [2.05, 4.69) is 29.3 Å². The van der Waals surface area contributed by atoms with Crippen LogP contribution in [0.4, 0.5) is 11.4 Å². The maximum atomic E-state index is 13.1. The number of nitrogens with one attached hydrogen (secondary N) is 1. The quantitative estimate of drug-likeness (QED) is 0.835. The summed E-state index contributed by atoms with van der Waals surface area (Å²) >= 11 is 6.01. The average molecular weight is 385 g/mol. The molecule has 2 aromatic rings. The predicted molar refractivity (Wildman–Crippen MR) is 110 cm³/mol. The van der Waals surface area contributed by atoms with Crippen molar-refractivity contribution in [2.45, 2.75) is 37.7 Å². The molecule has 0 radical (unpaired) electrons. The van der Waals surface area contributed by atoms with Crippen LogP contribution in [0.25, 0.3) is 0 Å². The first-order chi connectivity index (χ1) is 13.1. The Bertz CT molecular complexity index is 800. The van der Waals surface area contributed by atoms with Gasteiger partial charge in [0.05, 0.1) is 18.1 Å². The van der Waals surface area contributed by atoms with Crippen LogP contribution >= 0.6 is 11.6 Å². The lowest BCUT2D eigenvalue weighted by atomic mass is 9.64. The molecule has 1 heterocycles. The molecule has 0 bridgehead atoms. The molecule has 1 saturated carbocycles. The Hall–Kier alpha value is -2.04. The van der Waals surface area contributed by atoms with Crippen molar-refractivity contribution in [3.63, 3.8) is 0 Å². The SMILES string of the molecule is CC1CN(c2ccc(NC(=O)C3(c4ccc(Cl)cc4)CCC3)cc2)CCO1. The molecule has 1 aliphatic heterocycles. The van der Waals surface area contributed by atoms with Crippen LogP contribution in [0, 0.1) is 0 Å². The first-order valence-electron chi connectivity index (χ1n) is 9.61. The minimum atomic E-state index is -0.428. The maximum absolute atomic E-state index is 13.1. The summed E-state index contributed by atoms with van der Waals surface area (Å²) in [4.78, 5) is 15.4. The highest BCUT2D eigenvalue weighted by Crippen LogP contribution is 2.45. The van der Waals surface area contributed by atoms with Crippen molar-refractivity contribution in [2.24, 2.45) is 0 Å². The monoisotopic (exact) mass is 384 g/mol. The lowest BCUT2D eigenvalue weighted by Gasteiger charge is -2.40. The number of carbonyl (C=O) groups is 1. The van der Waals surface area contributed by atoms with Crippen LogP contribution in [0.5, 0.6) is 0 Å². The van der Waals surface area contributed by atoms with Gasteiger partial charge in [0.25, 0.3) is 0 Å². The molecule has 2 fully saturated rings. The summed E-state index contributed by atoms with van der Waals surface area (Å²) in [7, 11) is 0. The number of anilines is 2. The Morgan fingerprint density at radius 1 is 1.15 bits per heavy atom. The summed E-state index contributed by atoms with van der Waals surface area (Å²) < 4.78 is 5.60. The molecular weight excluding hydrogens is 360 g/mol. The van der Waals surface area contributed by atoms with Gasteiger partial charge in [-0.25, -0.2) is 0 Å². The predicted octanol–water partition coefficient (Wildman–Crippen LogP) is 4.63. The van der Waals surface area contributed by atoms with Crippen LogP contribution in [-0.2, 0) is 14.9 Å². The van der Waals surface area contributed by atoms with Gasteiger partial charge in [-0.2, -0.15) is 0 Å². The van der Waals surface area contributed by atoms with Crippen molar-refractivity contribution in [1.29, 1.82) is 0 Å². The summed E-state index contributed by atoms with van der Waals surface area (Å²) in [6.07, 6.45) is 3.08. The summed E-state index contributed by atoms with van der Waals surface area (Å²) in [5.74, 6) is 0.0730. The van der Waals surface area contributed by atoms with E-state index in [1.165, 1.54) is 5.69 Å². The number of nitrogens with zero attached hydrogens (tertiary/aromatic N) is 1. The number of ether oxygens (including phenoxy) is 1. The van der Waals surface area contributed by atoms with E-state index >= 15 is 0 Å². The molecule has 4 nitrogen and oxygen atoms in total. The molecule has 0 spiro atoms. The van der Waals surface area contributed by atoms with Crippen molar-refractivity contribution < 1.29 is 9.53 Å². The van der Waals surface area contributed by atoms with E-state index in [0.717, 1.165) is 50.2 Å². The first kappa shape index (κ1) is 18.3. The molecule has 1 aliphatic carbocycles. The third-order valence-electron chi connectivity index (χ3n) is 5.77. The molecule has 5 heteroatoms. The van der Waals surface area contributed by atoms with Crippen molar-refractivity contribution in [3.05, 3.63) is 59.1 Å². The Morgan fingerprint density at radius 3 is 2.44 bits per heavy atom. The third kappa shape index (κ3) is 3.69. The number of morpholine rings is 1. The number of hydrogen-bond donors (Lipinski definition) is 1. The van der Waals surface area contributed by atoms with Gasteiger partial charge < -0.3 is 15.0 Å². The van der Waals surface area contributed by atoms with E-state index < -0.39 is 5.41 Å². The van der Waals surface area contributed by atoms with Crippen LogP contribution in [0.2, 0.25) is 5.02 Å². The van der Waals surface area contributed by atoms with Crippen molar-refractivity contribution in [2.75, 3.05) is 29.9 Å². The van der Waals surface area contributed by atoms with E-state index in [1.807, 2.05) is 36.4 Å². The van der Waals surface area contributed by atoms with Crippen LogP contribution in [0.15, 0.2) is 48.5 Å². The highest BCUT2D eigenvalue weighted by atomic mass is 35.5. The van der Waals surface area contributed by atoms with Gasteiger partial charge in [0.15, 0.2) is 0 Å². The second kappa shape index (κ2) is 7.53.